The Bertz CT molecular complexity index is 925. The summed E-state index contributed by atoms with van der Waals surface area (Å²) in [6, 6.07) is 23.4. The van der Waals surface area contributed by atoms with Crippen molar-refractivity contribution < 1.29 is 14.3 Å². The summed E-state index contributed by atoms with van der Waals surface area (Å²) in [5.74, 6) is 0.582. The first-order valence-electron chi connectivity index (χ1n) is 8.37. The largest absolute Gasteiger partial charge is 0.457 e. The molecule has 6 nitrogen and oxygen atoms in total. The number of primary amides is 1. The third-order valence-corrected chi connectivity index (χ3v) is 3.75. The first-order chi connectivity index (χ1) is 13.1. The third kappa shape index (κ3) is 5.09. The molecule has 2 amide bonds. The number of para-hydroxylation sites is 2. The zero-order chi connectivity index (χ0) is 19.1. The van der Waals surface area contributed by atoms with Gasteiger partial charge in [-0.2, -0.15) is 0 Å². The van der Waals surface area contributed by atoms with Crippen LogP contribution in [0.5, 0.6) is 11.5 Å². The molecule has 3 rings (SSSR count). The van der Waals surface area contributed by atoms with Crippen molar-refractivity contribution in [1.82, 2.24) is 0 Å². The maximum atomic E-state index is 12.1. The Balaban J connectivity index is 1.54. The summed E-state index contributed by atoms with van der Waals surface area (Å²) in [5.41, 5.74) is 6.74. The fourth-order valence-electron chi connectivity index (χ4n) is 2.45. The van der Waals surface area contributed by atoms with Gasteiger partial charge in [-0.1, -0.05) is 30.3 Å². The summed E-state index contributed by atoms with van der Waals surface area (Å²) < 4.78 is 5.72. The van der Waals surface area contributed by atoms with Crippen molar-refractivity contribution in [3.05, 3.63) is 84.4 Å². The lowest BCUT2D eigenvalue weighted by molar-refractivity contribution is -0.114. The maximum absolute atomic E-state index is 12.1. The lowest BCUT2D eigenvalue weighted by Crippen LogP contribution is -2.24. The monoisotopic (exact) mass is 361 g/mol. The van der Waals surface area contributed by atoms with Crippen molar-refractivity contribution in [2.75, 3.05) is 17.2 Å². The van der Waals surface area contributed by atoms with E-state index in [0.29, 0.717) is 11.4 Å². The minimum atomic E-state index is -0.590. The van der Waals surface area contributed by atoms with Gasteiger partial charge in [-0.3, -0.25) is 9.59 Å². The Kier molecular flexibility index (Phi) is 5.69. The Morgan fingerprint density at radius 3 is 2.15 bits per heavy atom. The summed E-state index contributed by atoms with van der Waals surface area (Å²) >= 11 is 0. The molecule has 136 valence electrons. The van der Waals surface area contributed by atoms with Gasteiger partial charge < -0.3 is 21.1 Å². The standard InChI is InChI=1S/C21H19N3O3/c22-21(26)18-8-4-5-9-19(18)24-20(25)14-23-15-10-12-17(13-11-15)27-16-6-2-1-3-7-16/h1-13,23H,14H2,(H2,22,26)(H,24,25). The van der Waals surface area contributed by atoms with Crippen molar-refractivity contribution in [1.29, 1.82) is 0 Å². The Morgan fingerprint density at radius 1 is 0.815 bits per heavy atom. The van der Waals surface area contributed by atoms with Crippen LogP contribution in [0.25, 0.3) is 0 Å². The van der Waals surface area contributed by atoms with Crippen molar-refractivity contribution in [3.63, 3.8) is 0 Å². The Morgan fingerprint density at radius 2 is 1.44 bits per heavy atom. The Labute approximate surface area is 157 Å². The first-order valence-corrected chi connectivity index (χ1v) is 8.37. The van der Waals surface area contributed by atoms with Gasteiger partial charge in [-0.25, -0.2) is 0 Å². The number of carbonyl (C=O) groups is 2. The molecule has 0 aliphatic heterocycles. The summed E-state index contributed by atoms with van der Waals surface area (Å²) in [6.45, 7) is 0.0476. The van der Waals surface area contributed by atoms with Crippen LogP contribution < -0.4 is 21.1 Å². The highest BCUT2D eigenvalue weighted by atomic mass is 16.5. The third-order valence-electron chi connectivity index (χ3n) is 3.75. The molecule has 6 heteroatoms. The average molecular weight is 361 g/mol. The number of hydrogen-bond acceptors (Lipinski definition) is 4. The van der Waals surface area contributed by atoms with Crippen molar-refractivity contribution in [3.8, 4) is 11.5 Å². The van der Waals surface area contributed by atoms with E-state index in [4.69, 9.17) is 10.5 Å². The van der Waals surface area contributed by atoms with Crippen LogP contribution in [0.4, 0.5) is 11.4 Å². The van der Waals surface area contributed by atoms with Gasteiger partial charge in [-0.05, 0) is 48.5 Å². The summed E-state index contributed by atoms with van der Waals surface area (Å²) in [4.78, 5) is 23.5. The second-order valence-electron chi connectivity index (χ2n) is 5.75. The van der Waals surface area contributed by atoms with Crippen LogP contribution >= 0.6 is 0 Å². The molecule has 0 spiro atoms. The van der Waals surface area contributed by atoms with Gasteiger partial charge in [0.1, 0.15) is 11.5 Å². The van der Waals surface area contributed by atoms with Gasteiger partial charge in [0.2, 0.25) is 5.91 Å². The number of hydrogen-bond donors (Lipinski definition) is 3. The molecule has 0 radical (unpaired) electrons. The number of nitrogens with one attached hydrogen (secondary N) is 2. The van der Waals surface area contributed by atoms with E-state index >= 15 is 0 Å². The fraction of sp³-hybridized carbons (Fsp3) is 0.0476. The van der Waals surface area contributed by atoms with Crippen molar-refractivity contribution in [2.24, 2.45) is 5.73 Å². The van der Waals surface area contributed by atoms with Gasteiger partial charge in [-0.15, -0.1) is 0 Å². The van der Waals surface area contributed by atoms with Crippen LogP contribution in [-0.2, 0) is 4.79 Å². The molecule has 0 aliphatic rings. The normalized spacial score (nSPS) is 10.1. The molecule has 0 aliphatic carbocycles. The topological polar surface area (TPSA) is 93.5 Å². The van der Waals surface area contributed by atoms with E-state index < -0.39 is 5.91 Å². The van der Waals surface area contributed by atoms with E-state index in [9.17, 15) is 9.59 Å². The van der Waals surface area contributed by atoms with Crippen LogP contribution in [0.3, 0.4) is 0 Å². The van der Waals surface area contributed by atoms with E-state index in [2.05, 4.69) is 10.6 Å². The SMILES string of the molecule is NC(=O)c1ccccc1NC(=O)CNc1ccc(Oc2ccccc2)cc1. The second kappa shape index (κ2) is 8.53. The number of ether oxygens (including phenoxy) is 1. The highest BCUT2D eigenvalue weighted by Gasteiger charge is 2.10. The molecule has 3 aromatic rings. The van der Waals surface area contributed by atoms with Crippen LogP contribution in [0.15, 0.2) is 78.9 Å². The van der Waals surface area contributed by atoms with Gasteiger partial charge in [0.05, 0.1) is 17.8 Å². The minimum absolute atomic E-state index is 0.0476. The molecule has 0 atom stereocenters. The van der Waals surface area contributed by atoms with Gasteiger partial charge in [0.25, 0.3) is 5.91 Å². The Hall–Kier alpha value is -3.80. The quantitative estimate of drug-likeness (QED) is 0.599. The van der Waals surface area contributed by atoms with Crippen LogP contribution in [0.2, 0.25) is 0 Å². The van der Waals surface area contributed by atoms with E-state index in [1.165, 1.54) is 0 Å². The lowest BCUT2D eigenvalue weighted by Gasteiger charge is -2.11. The second-order valence-corrected chi connectivity index (χ2v) is 5.75. The minimum Gasteiger partial charge on any atom is -0.457 e. The molecule has 0 unspecified atom stereocenters. The lowest BCUT2D eigenvalue weighted by atomic mass is 10.1. The number of amides is 2. The first kappa shape index (κ1) is 18.0. The van der Waals surface area contributed by atoms with Crippen LogP contribution in [0.1, 0.15) is 10.4 Å². The van der Waals surface area contributed by atoms with E-state index in [0.717, 1.165) is 11.4 Å². The number of carbonyl (C=O) groups excluding carboxylic acids is 2. The average Bonchev–Trinajstić information content (AvgIpc) is 2.68. The number of nitrogens with two attached hydrogens (primary N) is 1. The summed E-state index contributed by atoms with van der Waals surface area (Å²) in [5, 5.41) is 5.70. The molecule has 0 bridgehead atoms. The molecule has 4 N–H and O–H groups in total. The highest BCUT2D eigenvalue weighted by Crippen LogP contribution is 2.22. The van der Waals surface area contributed by atoms with Gasteiger partial charge >= 0.3 is 0 Å². The molecular formula is C21H19N3O3. The summed E-state index contributed by atoms with van der Waals surface area (Å²) in [6.07, 6.45) is 0. The molecule has 0 aromatic heterocycles. The number of anilines is 2. The molecular weight excluding hydrogens is 342 g/mol. The predicted molar refractivity (Wildman–Crippen MR) is 105 cm³/mol. The van der Waals surface area contributed by atoms with E-state index in [1.54, 1.807) is 24.3 Å². The molecule has 0 saturated heterocycles. The smallest absolute Gasteiger partial charge is 0.250 e. The maximum Gasteiger partial charge on any atom is 0.250 e. The molecule has 0 fully saturated rings. The van der Waals surface area contributed by atoms with Crippen molar-refractivity contribution in [2.45, 2.75) is 0 Å². The molecule has 0 saturated carbocycles. The van der Waals surface area contributed by atoms with Crippen LogP contribution in [-0.4, -0.2) is 18.4 Å². The van der Waals surface area contributed by atoms with E-state index in [1.807, 2.05) is 54.6 Å². The fourth-order valence-corrected chi connectivity index (χ4v) is 2.45. The number of rotatable bonds is 7. The summed E-state index contributed by atoms with van der Waals surface area (Å²) in [7, 11) is 0. The molecule has 0 heterocycles. The molecule has 3 aromatic carbocycles. The predicted octanol–water partition coefficient (Wildman–Crippen LogP) is 3.63. The highest BCUT2D eigenvalue weighted by molar-refractivity contribution is 6.03. The van der Waals surface area contributed by atoms with Crippen molar-refractivity contribution >= 4 is 23.2 Å². The van der Waals surface area contributed by atoms with Gasteiger partial charge in [0.15, 0.2) is 0 Å². The van der Waals surface area contributed by atoms with Crippen LogP contribution in [0, 0.1) is 0 Å². The number of benzene rings is 3. The zero-order valence-electron chi connectivity index (χ0n) is 14.5. The van der Waals surface area contributed by atoms with Gasteiger partial charge in [0, 0.05) is 5.69 Å². The zero-order valence-corrected chi connectivity index (χ0v) is 14.5. The van der Waals surface area contributed by atoms with E-state index in [-0.39, 0.29) is 18.0 Å². The molecule has 27 heavy (non-hydrogen) atoms.